The van der Waals surface area contributed by atoms with Crippen molar-refractivity contribution < 1.29 is 19.1 Å². The van der Waals surface area contributed by atoms with Gasteiger partial charge < -0.3 is 25.1 Å². The smallest absolute Gasteiger partial charge is 0.268 e. The van der Waals surface area contributed by atoms with Crippen LogP contribution in [-0.2, 0) is 9.53 Å². The zero-order valence-electron chi connectivity index (χ0n) is 19.9. The molecule has 3 atom stereocenters. The van der Waals surface area contributed by atoms with Gasteiger partial charge in [0.25, 0.3) is 5.91 Å². The Kier molecular flexibility index (Phi) is 8.50. The maximum absolute atomic E-state index is 13.2. The molecular weight excluding hydrogens is 470 g/mol. The summed E-state index contributed by atoms with van der Waals surface area (Å²) in [4.78, 5) is 29.3. The highest BCUT2D eigenvalue weighted by molar-refractivity contribution is 6.35. The van der Waals surface area contributed by atoms with Gasteiger partial charge in [-0.1, -0.05) is 24.4 Å². The molecule has 4 rings (SSSR count). The summed E-state index contributed by atoms with van der Waals surface area (Å²) in [6.45, 7) is 1.93. The van der Waals surface area contributed by atoms with Gasteiger partial charge in [0.05, 0.1) is 37.1 Å². The van der Waals surface area contributed by atoms with Crippen LogP contribution in [0.4, 0.5) is 0 Å². The Hall–Kier alpha value is -2.80. The first-order valence-corrected chi connectivity index (χ1v) is 12.5. The van der Waals surface area contributed by atoms with E-state index in [1.54, 1.807) is 25.3 Å². The van der Waals surface area contributed by atoms with E-state index in [4.69, 9.17) is 21.1 Å². The minimum absolute atomic E-state index is 0.199. The molecule has 1 saturated heterocycles. The third kappa shape index (κ3) is 6.66. The lowest BCUT2D eigenvalue weighted by atomic mass is 9.95. The van der Waals surface area contributed by atoms with E-state index in [1.807, 2.05) is 0 Å². The van der Waals surface area contributed by atoms with Crippen LogP contribution in [0.25, 0.3) is 10.9 Å². The lowest BCUT2D eigenvalue weighted by molar-refractivity contribution is -0.123. The predicted molar refractivity (Wildman–Crippen MR) is 132 cm³/mol. The molecule has 2 amide bonds. The Morgan fingerprint density at radius 3 is 2.83 bits per heavy atom. The van der Waals surface area contributed by atoms with Crippen molar-refractivity contribution in [3.05, 3.63) is 28.9 Å². The minimum atomic E-state index is -0.729. The maximum atomic E-state index is 13.2. The quantitative estimate of drug-likeness (QED) is 0.418. The van der Waals surface area contributed by atoms with E-state index >= 15 is 0 Å². The van der Waals surface area contributed by atoms with Crippen molar-refractivity contribution in [2.24, 2.45) is 11.8 Å². The molecule has 0 bridgehead atoms. The van der Waals surface area contributed by atoms with E-state index in [9.17, 15) is 14.9 Å². The third-order valence-electron chi connectivity index (χ3n) is 6.62. The number of carbonyl (C=O) groups is 2. The SMILES string of the molecule is COc1ccc(Cl)c2[nH]c(C(=O)N[C@@H](CC3CC3)C(=O)N[C@H](C#N)C[C@@H]3CCCNCOC3)cc12. The molecule has 188 valence electrons. The Balaban J connectivity index is 1.43. The molecule has 0 spiro atoms. The molecule has 1 aliphatic carbocycles. The molecule has 10 heteroatoms. The largest absolute Gasteiger partial charge is 0.496 e. The molecule has 1 aliphatic heterocycles. The number of nitrogens with zero attached hydrogens (tertiary/aromatic N) is 1. The number of methoxy groups -OCH3 is 1. The topological polar surface area (TPSA) is 128 Å². The average Bonchev–Trinajstić information content (AvgIpc) is 3.53. The first-order valence-electron chi connectivity index (χ1n) is 12.1. The van der Waals surface area contributed by atoms with Crippen LogP contribution >= 0.6 is 11.6 Å². The molecule has 1 aromatic heterocycles. The summed E-state index contributed by atoms with van der Waals surface area (Å²) in [5, 5.41) is 19.8. The number of nitrogens with one attached hydrogen (secondary N) is 4. The molecule has 2 fully saturated rings. The van der Waals surface area contributed by atoms with E-state index in [0.29, 0.717) is 53.8 Å². The van der Waals surface area contributed by atoms with Crippen LogP contribution in [0.3, 0.4) is 0 Å². The molecule has 0 unspecified atom stereocenters. The number of amides is 2. The standard InChI is InChI=1S/C25H32ClN5O4/c1-34-22-7-6-19(26)23-18(22)11-21(30-23)25(33)31-20(10-15-4-5-15)24(32)29-17(12-27)9-16-3-2-8-28-14-35-13-16/h6-7,11,15-17,20,28,30H,2-5,8-10,13-14H2,1H3,(H,29,32)(H,31,33)/t16-,17-,20-/m0/s1. The Labute approximate surface area is 209 Å². The summed E-state index contributed by atoms with van der Waals surface area (Å²) in [5.41, 5.74) is 0.887. The highest BCUT2D eigenvalue weighted by Crippen LogP contribution is 2.34. The van der Waals surface area contributed by atoms with Gasteiger partial charge in [-0.25, -0.2) is 0 Å². The maximum Gasteiger partial charge on any atom is 0.268 e. The van der Waals surface area contributed by atoms with Gasteiger partial charge in [-0.2, -0.15) is 5.26 Å². The molecule has 1 aromatic carbocycles. The van der Waals surface area contributed by atoms with Gasteiger partial charge in [-0.05, 0) is 62.3 Å². The van der Waals surface area contributed by atoms with E-state index in [0.717, 1.165) is 32.2 Å². The van der Waals surface area contributed by atoms with Crippen molar-refractivity contribution in [1.29, 1.82) is 5.26 Å². The Morgan fingerprint density at radius 2 is 2.09 bits per heavy atom. The summed E-state index contributed by atoms with van der Waals surface area (Å²) >= 11 is 6.28. The zero-order chi connectivity index (χ0) is 24.8. The highest BCUT2D eigenvalue weighted by Gasteiger charge is 2.32. The van der Waals surface area contributed by atoms with E-state index in [-0.39, 0.29) is 17.5 Å². The number of hydrogen-bond donors (Lipinski definition) is 4. The van der Waals surface area contributed by atoms with Crippen molar-refractivity contribution in [3.63, 3.8) is 0 Å². The van der Waals surface area contributed by atoms with E-state index < -0.39 is 18.0 Å². The first kappa shape index (κ1) is 25.3. The summed E-state index contributed by atoms with van der Waals surface area (Å²) in [7, 11) is 1.55. The normalized spacial score (nSPS) is 20.2. The van der Waals surface area contributed by atoms with E-state index in [2.05, 4.69) is 27.0 Å². The number of H-pyrrole nitrogens is 1. The molecule has 2 heterocycles. The number of hydrogen-bond acceptors (Lipinski definition) is 6. The van der Waals surface area contributed by atoms with Gasteiger partial charge in [-0.3, -0.25) is 14.9 Å². The lowest BCUT2D eigenvalue weighted by Crippen LogP contribution is -2.50. The van der Waals surface area contributed by atoms with Gasteiger partial charge >= 0.3 is 0 Å². The number of carbonyl (C=O) groups excluding carboxylic acids is 2. The Morgan fingerprint density at radius 1 is 1.26 bits per heavy atom. The number of aromatic amines is 1. The molecule has 2 aliphatic rings. The van der Waals surface area contributed by atoms with Crippen LogP contribution < -0.4 is 20.7 Å². The molecule has 35 heavy (non-hydrogen) atoms. The number of ether oxygens (including phenoxy) is 2. The number of fused-ring (bicyclic) bond motifs is 1. The number of aromatic nitrogens is 1. The highest BCUT2D eigenvalue weighted by atomic mass is 35.5. The average molecular weight is 502 g/mol. The molecule has 2 aromatic rings. The van der Waals surface area contributed by atoms with E-state index in [1.165, 1.54) is 0 Å². The van der Waals surface area contributed by atoms with Gasteiger partial charge in [0.15, 0.2) is 0 Å². The van der Waals surface area contributed by atoms with Crippen LogP contribution in [0.1, 0.15) is 49.0 Å². The van der Waals surface area contributed by atoms with Crippen molar-refractivity contribution in [3.8, 4) is 11.8 Å². The number of nitriles is 1. The third-order valence-corrected chi connectivity index (χ3v) is 6.94. The summed E-state index contributed by atoms with van der Waals surface area (Å²) in [6.07, 6.45) is 5.06. The second-order valence-electron chi connectivity index (χ2n) is 9.38. The second-order valence-corrected chi connectivity index (χ2v) is 9.78. The predicted octanol–water partition coefficient (Wildman–Crippen LogP) is 3.10. The van der Waals surface area contributed by atoms with Crippen molar-refractivity contribution in [1.82, 2.24) is 20.9 Å². The van der Waals surface area contributed by atoms with Gasteiger partial charge in [0, 0.05) is 5.39 Å². The second kappa shape index (κ2) is 11.8. The van der Waals surface area contributed by atoms with Gasteiger partial charge in [0.2, 0.25) is 5.91 Å². The fourth-order valence-corrected chi connectivity index (χ4v) is 4.73. The van der Waals surface area contributed by atoms with Gasteiger partial charge in [-0.15, -0.1) is 0 Å². The summed E-state index contributed by atoms with van der Waals surface area (Å²) in [5.74, 6) is 0.448. The Bertz CT molecular complexity index is 1090. The van der Waals surface area contributed by atoms with Crippen LogP contribution in [0, 0.1) is 23.2 Å². The fraction of sp³-hybridized carbons (Fsp3) is 0.560. The first-order chi connectivity index (χ1) is 17.0. The monoisotopic (exact) mass is 501 g/mol. The molecule has 4 N–H and O–H groups in total. The number of halogens is 1. The summed E-state index contributed by atoms with van der Waals surface area (Å²) < 4.78 is 11.0. The summed E-state index contributed by atoms with van der Waals surface area (Å²) in [6, 6.07) is 5.95. The van der Waals surface area contributed by atoms with Crippen molar-refractivity contribution in [2.45, 2.75) is 50.6 Å². The number of benzene rings is 1. The van der Waals surface area contributed by atoms with Crippen LogP contribution in [0.5, 0.6) is 5.75 Å². The zero-order valence-corrected chi connectivity index (χ0v) is 20.6. The number of rotatable bonds is 9. The lowest BCUT2D eigenvalue weighted by Gasteiger charge is -2.24. The van der Waals surface area contributed by atoms with Crippen LogP contribution in [0.15, 0.2) is 18.2 Å². The van der Waals surface area contributed by atoms with Crippen LogP contribution in [0.2, 0.25) is 5.02 Å². The minimum Gasteiger partial charge on any atom is -0.496 e. The van der Waals surface area contributed by atoms with Gasteiger partial charge in [0.1, 0.15) is 23.5 Å². The fourth-order valence-electron chi connectivity index (χ4n) is 4.52. The molecular formula is C25H32ClN5O4. The van der Waals surface area contributed by atoms with Crippen molar-refractivity contribution >= 4 is 34.3 Å². The van der Waals surface area contributed by atoms with Crippen molar-refractivity contribution in [2.75, 3.05) is 27.0 Å². The van der Waals surface area contributed by atoms with Crippen LogP contribution in [-0.4, -0.2) is 55.9 Å². The molecule has 9 nitrogen and oxygen atoms in total. The molecule has 0 radical (unpaired) electrons. The molecule has 1 saturated carbocycles.